The molecule has 0 fully saturated rings. The van der Waals surface area contributed by atoms with Crippen molar-refractivity contribution in [1.29, 1.82) is 0 Å². The van der Waals surface area contributed by atoms with E-state index in [2.05, 4.69) is 21.2 Å². The molecule has 2 aromatic carbocycles. The summed E-state index contributed by atoms with van der Waals surface area (Å²) in [6, 6.07) is 13.6. The number of carbonyl (C=O) groups excluding carboxylic acids is 2. The van der Waals surface area contributed by atoms with E-state index in [1.807, 2.05) is 54.8 Å². The number of carbonyl (C=O) groups is 2. The van der Waals surface area contributed by atoms with Gasteiger partial charge in [0.05, 0.1) is 19.3 Å². The molecule has 0 bridgehead atoms. The van der Waals surface area contributed by atoms with Crippen LogP contribution in [0.5, 0.6) is 0 Å². The first kappa shape index (κ1) is 21.3. The number of thiophene rings is 1. The van der Waals surface area contributed by atoms with Crippen LogP contribution in [0.1, 0.15) is 28.4 Å². The summed E-state index contributed by atoms with van der Waals surface area (Å²) in [6.07, 6.45) is 1.72. The van der Waals surface area contributed by atoms with Gasteiger partial charge in [0.25, 0.3) is 0 Å². The van der Waals surface area contributed by atoms with Gasteiger partial charge in [-0.25, -0.2) is 4.79 Å². The summed E-state index contributed by atoms with van der Waals surface area (Å²) in [5.41, 5.74) is 4.65. The van der Waals surface area contributed by atoms with Crippen molar-refractivity contribution in [2.75, 3.05) is 11.9 Å². The molecule has 2 heterocycles. The number of halogens is 1. The Balaban J connectivity index is 1.62. The molecule has 0 spiro atoms. The summed E-state index contributed by atoms with van der Waals surface area (Å²) in [4.78, 5) is 25.5. The molecular formula is C24H20BrNO4S. The topological polar surface area (TPSA) is 68.5 Å². The fraction of sp³-hybridized carbons (Fsp3) is 0.167. The molecule has 1 N–H and O–H groups in total. The number of aryl methyl sites for hydroxylation is 1. The number of benzene rings is 2. The third kappa shape index (κ3) is 4.57. The Labute approximate surface area is 192 Å². The Hall–Kier alpha value is -2.90. The molecule has 0 atom stereocenters. The number of fused-ring (bicyclic) bond motifs is 1. The lowest BCUT2D eigenvalue weighted by atomic mass is 10.0. The molecule has 0 radical (unpaired) electrons. The molecular weight excluding hydrogens is 478 g/mol. The summed E-state index contributed by atoms with van der Waals surface area (Å²) in [7, 11) is 0. The van der Waals surface area contributed by atoms with Gasteiger partial charge in [-0.2, -0.15) is 0 Å². The van der Waals surface area contributed by atoms with Crippen LogP contribution in [0.25, 0.3) is 22.1 Å². The first-order chi connectivity index (χ1) is 15.0. The second-order valence-corrected chi connectivity index (χ2v) is 8.86. The molecule has 31 heavy (non-hydrogen) atoms. The van der Waals surface area contributed by atoms with Gasteiger partial charge in [-0.1, -0.05) is 45.8 Å². The molecule has 7 heteroatoms. The van der Waals surface area contributed by atoms with E-state index < -0.39 is 5.97 Å². The molecule has 0 unspecified atom stereocenters. The number of esters is 1. The minimum absolute atomic E-state index is 0.128. The quantitative estimate of drug-likeness (QED) is 0.305. The van der Waals surface area contributed by atoms with Gasteiger partial charge < -0.3 is 14.5 Å². The normalized spacial score (nSPS) is 10.9. The third-order valence-corrected chi connectivity index (χ3v) is 6.24. The second kappa shape index (κ2) is 9.08. The van der Waals surface area contributed by atoms with E-state index in [1.165, 1.54) is 11.3 Å². The van der Waals surface area contributed by atoms with Crippen molar-refractivity contribution in [1.82, 2.24) is 0 Å². The number of hydrogen-bond donors (Lipinski definition) is 1. The van der Waals surface area contributed by atoms with Crippen LogP contribution in [0.15, 0.2) is 63.0 Å². The Bertz CT molecular complexity index is 1260. The maximum Gasteiger partial charge on any atom is 0.341 e. The van der Waals surface area contributed by atoms with Gasteiger partial charge in [0.1, 0.15) is 16.1 Å². The van der Waals surface area contributed by atoms with Gasteiger partial charge in [-0.05, 0) is 37.6 Å². The van der Waals surface area contributed by atoms with Gasteiger partial charge in [0.15, 0.2) is 0 Å². The lowest BCUT2D eigenvalue weighted by Gasteiger charge is -2.09. The van der Waals surface area contributed by atoms with Crippen molar-refractivity contribution in [2.24, 2.45) is 0 Å². The zero-order valence-corrected chi connectivity index (χ0v) is 19.4. The van der Waals surface area contributed by atoms with Crippen LogP contribution in [0.2, 0.25) is 0 Å². The molecule has 0 saturated heterocycles. The van der Waals surface area contributed by atoms with Crippen LogP contribution in [0.4, 0.5) is 5.00 Å². The molecule has 4 rings (SSSR count). The van der Waals surface area contributed by atoms with Gasteiger partial charge >= 0.3 is 5.97 Å². The predicted molar refractivity (Wildman–Crippen MR) is 127 cm³/mol. The lowest BCUT2D eigenvalue weighted by Crippen LogP contribution is -2.16. The Morgan fingerprint density at radius 1 is 1.16 bits per heavy atom. The molecule has 0 aliphatic carbocycles. The van der Waals surface area contributed by atoms with Gasteiger partial charge in [-0.3, -0.25) is 4.79 Å². The number of hydrogen-bond acceptors (Lipinski definition) is 5. The Morgan fingerprint density at radius 3 is 2.68 bits per heavy atom. The molecule has 1 amide bonds. The van der Waals surface area contributed by atoms with Crippen LogP contribution in [-0.2, 0) is 16.0 Å². The van der Waals surface area contributed by atoms with Crippen molar-refractivity contribution in [3.05, 3.63) is 75.3 Å². The van der Waals surface area contributed by atoms with E-state index in [-0.39, 0.29) is 18.9 Å². The van der Waals surface area contributed by atoms with Gasteiger partial charge in [-0.15, -0.1) is 11.3 Å². The number of rotatable bonds is 6. The predicted octanol–water partition coefficient (Wildman–Crippen LogP) is 6.59. The minimum atomic E-state index is -0.452. The van der Waals surface area contributed by atoms with Crippen LogP contribution in [-0.4, -0.2) is 18.5 Å². The zero-order chi connectivity index (χ0) is 22.0. The highest BCUT2D eigenvalue weighted by atomic mass is 79.9. The smallest absolute Gasteiger partial charge is 0.341 e. The largest absolute Gasteiger partial charge is 0.464 e. The summed E-state index contributed by atoms with van der Waals surface area (Å²) in [5, 5.41) is 6.12. The molecule has 158 valence electrons. The van der Waals surface area contributed by atoms with Crippen molar-refractivity contribution in [3.8, 4) is 11.1 Å². The van der Waals surface area contributed by atoms with Crippen molar-refractivity contribution in [3.63, 3.8) is 0 Å². The monoisotopic (exact) mass is 497 g/mol. The summed E-state index contributed by atoms with van der Waals surface area (Å²) in [6.45, 7) is 4.02. The Morgan fingerprint density at radius 2 is 1.94 bits per heavy atom. The average Bonchev–Trinajstić information content (AvgIpc) is 3.33. The van der Waals surface area contributed by atoms with Gasteiger partial charge in [0.2, 0.25) is 5.91 Å². The first-order valence-corrected chi connectivity index (χ1v) is 11.4. The van der Waals surface area contributed by atoms with Gasteiger partial charge in [0, 0.05) is 26.4 Å². The van der Waals surface area contributed by atoms with E-state index >= 15 is 0 Å². The average molecular weight is 498 g/mol. The number of ether oxygens (including phenoxy) is 1. The number of nitrogens with one attached hydrogen (secondary N) is 1. The van der Waals surface area contributed by atoms with Crippen molar-refractivity contribution >= 4 is 55.1 Å². The summed E-state index contributed by atoms with van der Waals surface area (Å²) >= 11 is 4.76. The van der Waals surface area contributed by atoms with Crippen LogP contribution in [0.3, 0.4) is 0 Å². The van der Waals surface area contributed by atoms with E-state index in [9.17, 15) is 9.59 Å². The lowest BCUT2D eigenvalue weighted by molar-refractivity contribution is -0.115. The molecule has 0 aliphatic heterocycles. The molecule has 0 saturated carbocycles. The first-order valence-electron chi connectivity index (χ1n) is 9.77. The minimum Gasteiger partial charge on any atom is -0.464 e. The second-order valence-electron chi connectivity index (χ2n) is 7.07. The molecule has 5 nitrogen and oxygen atoms in total. The van der Waals surface area contributed by atoms with E-state index in [4.69, 9.17) is 9.15 Å². The van der Waals surface area contributed by atoms with E-state index in [0.717, 1.165) is 37.7 Å². The fourth-order valence-corrected chi connectivity index (χ4v) is 4.67. The number of furan rings is 1. The fourth-order valence-electron chi connectivity index (χ4n) is 3.34. The summed E-state index contributed by atoms with van der Waals surface area (Å²) in [5.74, 6) is -0.683. The standard InChI is InChI=1S/C24H20BrNO4S/c1-3-29-24(28)22-19(15-6-4-14(2)5-7-15)13-31-23(22)26-21(27)10-16-12-30-20-9-8-17(25)11-18(16)20/h4-9,11-13H,3,10H2,1-2H3,(H,26,27). The highest BCUT2D eigenvalue weighted by Crippen LogP contribution is 2.36. The van der Waals surface area contributed by atoms with Crippen molar-refractivity contribution < 1.29 is 18.7 Å². The molecule has 4 aromatic rings. The van der Waals surface area contributed by atoms with Crippen molar-refractivity contribution in [2.45, 2.75) is 20.3 Å². The summed E-state index contributed by atoms with van der Waals surface area (Å²) < 4.78 is 11.7. The molecule has 2 aromatic heterocycles. The van der Waals surface area contributed by atoms with E-state index in [0.29, 0.717) is 10.6 Å². The van der Waals surface area contributed by atoms with Crippen LogP contribution in [0, 0.1) is 6.92 Å². The van der Waals surface area contributed by atoms with Crippen LogP contribution >= 0.6 is 27.3 Å². The maximum absolute atomic E-state index is 12.8. The highest BCUT2D eigenvalue weighted by Gasteiger charge is 2.23. The molecule has 0 aliphatic rings. The Kier molecular flexibility index (Phi) is 6.25. The van der Waals surface area contributed by atoms with Crippen LogP contribution < -0.4 is 5.32 Å². The number of amides is 1. The SMILES string of the molecule is CCOC(=O)c1c(-c2ccc(C)cc2)csc1NC(=O)Cc1coc2ccc(Br)cc12. The maximum atomic E-state index is 12.8. The highest BCUT2D eigenvalue weighted by molar-refractivity contribution is 9.10. The third-order valence-electron chi connectivity index (χ3n) is 4.85. The number of anilines is 1. The van der Waals surface area contributed by atoms with E-state index in [1.54, 1.807) is 13.2 Å². The zero-order valence-electron chi connectivity index (χ0n) is 17.0.